The van der Waals surface area contributed by atoms with Gasteiger partial charge in [-0.25, -0.2) is 4.98 Å². The van der Waals surface area contributed by atoms with Gasteiger partial charge in [0.2, 0.25) is 0 Å². The lowest BCUT2D eigenvalue weighted by Crippen LogP contribution is -2.18. The van der Waals surface area contributed by atoms with Crippen molar-refractivity contribution in [3.05, 3.63) is 30.1 Å². The molecule has 0 aliphatic heterocycles. The summed E-state index contributed by atoms with van der Waals surface area (Å²) in [6.07, 6.45) is 3.49. The van der Waals surface area contributed by atoms with E-state index in [9.17, 15) is 0 Å². The van der Waals surface area contributed by atoms with Crippen LogP contribution in [0.3, 0.4) is 0 Å². The SMILES string of the molecule is CCCC(CC)Nc1ccccc1-c1n[nH]c(C)n1. The molecule has 2 N–H and O–H groups in total. The summed E-state index contributed by atoms with van der Waals surface area (Å²) < 4.78 is 0. The van der Waals surface area contributed by atoms with Crippen molar-refractivity contribution in [3.8, 4) is 11.4 Å². The number of aromatic nitrogens is 3. The molecule has 4 nitrogen and oxygen atoms in total. The molecule has 1 atom stereocenters. The van der Waals surface area contributed by atoms with Crippen LogP contribution < -0.4 is 5.32 Å². The minimum atomic E-state index is 0.506. The van der Waals surface area contributed by atoms with Gasteiger partial charge in [0, 0.05) is 17.3 Å². The third-order valence-electron chi connectivity index (χ3n) is 3.25. The van der Waals surface area contributed by atoms with E-state index in [1.807, 2.05) is 19.1 Å². The molecule has 0 fully saturated rings. The summed E-state index contributed by atoms with van der Waals surface area (Å²) in [5.74, 6) is 1.59. The maximum atomic E-state index is 4.41. The van der Waals surface area contributed by atoms with Crippen LogP contribution in [0.1, 0.15) is 38.9 Å². The molecule has 19 heavy (non-hydrogen) atoms. The van der Waals surface area contributed by atoms with Gasteiger partial charge in [0.1, 0.15) is 5.82 Å². The second-order valence-electron chi connectivity index (χ2n) is 4.83. The third-order valence-corrected chi connectivity index (χ3v) is 3.25. The van der Waals surface area contributed by atoms with Gasteiger partial charge in [-0.05, 0) is 31.9 Å². The Labute approximate surface area is 114 Å². The van der Waals surface area contributed by atoms with Crippen LogP contribution in [0.25, 0.3) is 11.4 Å². The molecule has 0 saturated carbocycles. The molecule has 0 spiro atoms. The summed E-state index contributed by atoms with van der Waals surface area (Å²) in [6.45, 7) is 6.35. The van der Waals surface area contributed by atoms with Gasteiger partial charge < -0.3 is 5.32 Å². The molecular formula is C15H22N4. The second kappa shape index (κ2) is 6.36. The van der Waals surface area contributed by atoms with Crippen LogP contribution >= 0.6 is 0 Å². The summed E-state index contributed by atoms with van der Waals surface area (Å²) in [5, 5.41) is 10.8. The van der Waals surface area contributed by atoms with Gasteiger partial charge in [0.05, 0.1) is 0 Å². The molecule has 2 aromatic rings. The van der Waals surface area contributed by atoms with Crippen molar-refractivity contribution in [2.75, 3.05) is 5.32 Å². The van der Waals surface area contributed by atoms with Gasteiger partial charge in [-0.15, -0.1) is 0 Å². The topological polar surface area (TPSA) is 53.6 Å². The van der Waals surface area contributed by atoms with Crippen molar-refractivity contribution < 1.29 is 0 Å². The molecule has 1 unspecified atom stereocenters. The zero-order valence-corrected chi connectivity index (χ0v) is 11.9. The predicted octanol–water partition coefficient (Wildman–Crippen LogP) is 3.77. The molecule has 2 rings (SSSR count). The quantitative estimate of drug-likeness (QED) is 0.829. The summed E-state index contributed by atoms with van der Waals surface area (Å²) in [7, 11) is 0. The zero-order valence-electron chi connectivity index (χ0n) is 11.9. The number of aromatic amines is 1. The lowest BCUT2D eigenvalue weighted by atomic mass is 10.1. The first-order valence-corrected chi connectivity index (χ1v) is 6.99. The Morgan fingerprint density at radius 1 is 1.26 bits per heavy atom. The summed E-state index contributed by atoms with van der Waals surface area (Å²) in [6, 6.07) is 8.73. The van der Waals surface area contributed by atoms with Crippen LogP contribution in [0.2, 0.25) is 0 Å². The van der Waals surface area contributed by atoms with Gasteiger partial charge in [-0.2, -0.15) is 5.10 Å². The van der Waals surface area contributed by atoms with Crippen LogP contribution in [0, 0.1) is 6.92 Å². The molecule has 1 aromatic heterocycles. The summed E-state index contributed by atoms with van der Waals surface area (Å²) in [5.41, 5.74) is 2.17. The molecule has 0 saturated heterocycles. The number of nitrogens with one attached hydrogen (secondary N) is 2. The summed E-state index contributed by atoms with van der Waals surface area (Å²) in [4.78, 5) is 4.41. The van der Waals surface area contributed by atoms with E-state index >= 15 is 0 Å². The molecule has 4 heteroatoms. The Kier molecular flexibility index (Phi) is 4.55. The standard InChI is InChI=1S/C15H22N4/c1-4-8-12(5-2)17-14-10-7-6-9-13(14)15-16-11(3)18-19-15/h6-7,9-10,12,17H,4-5,8H2,1-3H3,(H,16,18,19). The molecule has 0 amide bonds. The van der Waals surface area contributed by atoms with Gasteiger partial charge in [-0.3, -0.25) is 5.10 Å². The van der Waals surface area contributed by atoms with E-state index in [0.29, 0.717) is 6.04 Å². The Balaban J connectivity index is 2.25. The van der Waals surface area contributed by atoms with Gasteiger partial charge in [0.25, 0.3) is 0 Å². The maximum absolute atomic E-state index is 4.41. The predicted molar refractivity (Wildman–Crippen MR) is 79.2 cm³/mol. The number of para-hydroxylation sites is 1. The molecule has 102 valence electrons. The van der Waals surface area contributed by atoms with Crippen LogP contribution in [0.5, 0.6) is 0 Å². The molecule has 1 aromatic carbocycles. The van der Waals surface area contributed by atoms with Gasteiger partial charge in [-0.1, -0.05) is 32.4 Å². The first-order valence-electron chi connectivity index (χ1n) is 6.99. The Bertz CT molecular complexity index is 518. The number of nitrogens with zero attached hydrogens (tertiary/aromatic N) is 2. The highest BCUT2D eigenvalue weighted by Gasteiger charge is 2.12. The lowest BCUT2D eigenvalue weighted by Gasteiger charge is -2.19. The maximum Gasteiger partial charge on any atom is 0.183 e. The normalized spacial score (nSPS) is 12.4. The van der Waals surface area contributed by atoms with Crippen molar-refractivity contribution in [1.29, 1.82) is 0 Å². The largest absolute Gasteiger partial charge is 0.382 e. The second-order valence-corrected chi connectivity index (χ2v) is 4.83. The van der Waals surface area contributed by atoms with Crippen LogP contribution in [-0.4, -0.2) is 21.2 Å². The molecular weight excluding hydrogens is 236 g/mol. The van der Waals surface area contributed by atoms with Crippen LogP contribution in [0.4, 0.5) is 5.69 Å². The van der Waals surface area contributed by atoms with Gasteiger partial charge in [0.15, 0.2) is 5.82 Å². The minimum absolute atomic E-state index is 0.506. The minimum Gasteiger partial charge on any atom is -0.382 e. The van der Waals surface area contributed by atoms with Crippen molar-refractivity contribution in [1.82, 2.24) is 15.2 Å². The van der Waals surface area contributed by atoms with E-state index in [2.05, 4.69) is 46.5 Å². The number of benzene rings is 1. The summed E-state index contributed by atoms with van der Waals surface area (Å²) >= 11 is 0. The monoisotopic (exact) mass is 258 g/mol. The fourth-order valence-electron chi connectivity index (χ4n) is 2.21. The fraction of sp³-hybridized carbons (Fsp3) is 0.467. The number of H-pyrrole nitrogens is 1. The van der Waals surface area contributed by atoms with Crippen molar-refractivity contribution in [3.63, 3.8) is 0 Å². The molecule has 0 aliphatic carbocycles. The van der Waals surface area contributed by atoms with Crippen molar-refractivity contribution in [2.45, 2.75) is 46.1 Å². The number of aryl methyl sites for hydroxylation is 1. The number of hydrogen-bond donors (Lipinski definition) is 2. The Morgan fingerprint density at radius 3 is 2.68 bits per heavy atom. The molecule has 0 radical (unpaired) electrons. The van der Waals surface area contributed by atoms with Crippen molar-refractivity contribution in [2.24, 2.45) is 0 Å². The highest BCUT2D eigenvalue weighted by atomic mass is 15.2. The van der Waals surface area contributed by atoms with E-state index in [1.54, 1.807) is 0 Å². The Morgan fingerprint density at radius 2 is 2.05 bits per heavy atom. The van der Waals surface area contributed by atoms with Gasteiger partial charge >= 0.3 is 0 Å². The first-order chi connectivity index (χ1) is 9.24. The molecule has 0 bridgehead atoms. The fourth-order valence-corrected chi connectivity index (χ4v) is 2.21. The van der Waals surface area contributed by atoms with E-state index < -0.39 is 0 Å². The Hall–Kier alpha value is -1.84. The zero-order chi connectivity index (χ0) is 13.7. The van der Waals surface area contributed by atoms with Crippen LogP contribution in [0.15, 0.2) is 24.3 Å². The van der Waals surface area contributed by atoms with E-state index in [1.165, 1.54) is 12.8 Å². The molecule has 0 aliphatic rings. The number of hydrogen-bond acceptors (Lipinski definition) is 3. The molecule has 1 heterocycles. The smallest absolute Gasteiger partial charge is 0.183 e. The van der Waals surface area contributed by atoms with E-state index in [4.69, 9.17) is 0 Å². The third kappa shape index (κ3) is 3.34. The first kappa shape index (κ1) is 13.6. The van der Waals surface area contributed by atoms with E-state index in [0.717, 1.165) is 29.3 Å². The van der Waals surface area contributed by atoms with Crippen LogP contribution in [-0.2, 0) is 0 Å². The lowest BCUT2D eigenvalue weighted by molar-refractivity contribution is 0.623. The number of rotatable bonds is 6. The number of anilines is 1. The highest BCUT2D eigenvalue weighted by Crippen LogP contribution is 2.26. The van der Waals surface area contributed by atoms with Crippen molar-refractivity contribution >= 4 is 5.69 Å². The van der Waals surface area contributed by atoms with E-state index in [-0.39, 0.29) is 0 Å². The average molecular weight is 258 g/mol. The average Bonchev–Trinajstić information content (AvgIpc) is 2.85. The highest BCUT2D eigenvalue weighted by molar-refractivity contribution is 5.73.